The molecule has 1 aromatic rings. The predicted molar refractivity (Wildman–Crippen MR) is 103 cm³/mol. The second kappa shape index (κ2) is 7.59. The number of nitrogens with zero attached hydrogens (tertiary/aromatic N) is 1. The van der Waals surface area contributed by atoms with E-state index < -0.39 is 10.8 Å². The van der Waals surface area contributed by atoms with Crippen molar-refractivity contribution in [3.63, 3.8) is 0 Å². The molecule has 1 saturated heterocycles. The third kappa shape index (κ3) is 3.25. The zero-order valence-electron chi connectivity index (χ0n) is 16.3. The Balaban J connectivity index is 1.92. The van der Waals surface area contributed by atoms with Crippen molar-refractivity contribution in [3.05, 3.63) is 23.3 Å². The van der Waals surface area contributed by atoms with Crippen LogP contribution in [0.3, 0.4) is 0 Å². The van der Waals surface area contributed by atoms with Crippen molar-refractivity contribution in [2.75, 3.05) is 34.5 Å². The van der Waals surface area contributed by atoms with Gasteiger partial charge in [0.15, 0.2) is 11.5 Å². The van der Waals surface area contributed by atoms with Gasteiger partial charge >= 0.3 is 0 Å². The Morgan fingerprint density at radius 2 is 2.00 bits per heavy atom. The van der Waals surface area contributed by atoms with E-state index in [2.05, 4.69) is 5.32 Å². The van der Waals surface area contributed by atoms with E-state index in [4.69, 9.17) is 14.2 Å². The quantitative estimate of drug-likeness (QED) is 0.715. The summed E-state index contributed by atoms with van der Waals surface area (Å²) in [6.45, 7) is 5.10. The van der Waals surface area contributed by atoms with E-state index in [-0.39, 0.29) is 17.2 Å². The summed E-state index contributed by atoms with van der Waals surface area (Å²) < 4.78 is 15.4. The molecule has 148 valence electrons. The van der Waals surface area contributed by atoms with Crippen LogP contribution in [0.5, 0.6) is 11.5 Å². The van der Waals surface area contributed by atoms with E-state index in [0.29, 0.717) is 30.2 Å². The number of methoxy groups -OCH3 is 3. The Hall–Kier alpha value is -1.93. The van der Waals surface area contributed by atoms with Crippen molar-refractivity contribution in [3.8, 4) is 11.5 Å². The van der Waals surface area contributed by atoms with Gasteiger partial charge in [0.1, 0.15) is 11.4 Å². The van der Waals surface area contributed by atoms with Crippen molar-refractivity contribution in [1.82, 2.24) is 10.2 Å². The van der Waals surface area contributed by atoms with Crippen LogP contribution in [0.25, 0.3) is 0 Å². The fourth-order valence-corrected chi connectivity index (χ4v) is 5.36. The molecule has 1 fully saturated rings. The van der Waals surface area contributed by atoms with Gasteiger partial charge in [-0.05, 0) is 26.3 Å². The first-order valence-electron chi connectivity index (χ1n) is 8.89. The highest BCUT2D eigenvalue weighted by Gasteiger charge is 2.58. The molecular formula is C19H26N2O5S. The lowest BCUT2D eigenvalue weighted by Gasteiger charge is -2.29. The molecule has 2 atom stereocenters. The lowest BCUT2D eigenvalue weighted by Crippen LogP contribution is -2.52. The van der Waals surface area contributed by atoms with Crippen molar-refractivity contribution in [2.45, 2.75) is 36.4 Å². The summed E-state index contributed by atoms with van der Waals surface area (Å²) in [7, 11) is 4.69. The molecule has 0 aliphatic carbocycles. The van der Waals surface area contributed by atoms with E-state index in [1.807, 2.05) is 19.9 Å². The molecule has 2 amide bonds. The van der Waals surface area contributed by atoms with Gasteiger partial charge < -0.3 is 24.4 Å². The third-order valence-electron chi connectivity index (χ3n) is 4.97. The van der Waals surface area contributed by atoms with Gasteiger partial charge in [-0.15, -0.1) is 11.8 Å². The number of thioether (sulfide) groups is 1. The van der Waals surface area contributed by atoms with E-state index in [0.717, 1.165) is 12.0 Å². The number of fused-ring (bicyclic) bond motifs is 3. The monoisotopic (exact) mass is 394 g/mol. The molecular weight excluding hydrogens is 368 g/mol. The molecule has 1 aromatic carbocycles. The van der Waals surface area contributed by atoms with Gasteiger partial charge in [0.2, 0.25) is 5.91 Å². The average molecular weight is 394 g/mol. The van der Waals surface area contributed by atoms with Crippen LogP contribution >= 0.6 is 11.8 Å². The number of ether oxygens (including phenoxy) is 3. The number of amides is 2. The van der Waals surface area contributed by atoms with E-state index in [1.165, 1.54) is 7.11 Å². The first-order chi connectivity index (χ1) is 12.9. The molecule has 8 heteroatoms. The van der Waals surface area contributed by atoms with Crippen molar-refractivity contribution in [1.29, 1.82) is 0 Å². The predicted octanol–water partition coefficient (Wildman–Crippen LogP) is 2.20. The molecule has 0 aromatic heterocycles. The summed E-state index contributed by atoms with van der Waals surface area (Å²) in [5.74, 6) is 0.599. The summed E-state index contributed by atoms with van der Waals surface area (Å²) >= 11 is 1.62. The molecule has 0 radical (unpaired) electrons. The van der Waals surface area contributed by atoms with E-state index >= 15 is 0 Å². The number of benzene rings is 1. The highest BCUT2D eigenvalue weighted by molar-refractivity contribution is 8.01. The van der Waals surface area contributed by atoms with E-state index in [9.17, 15) is 9.59 Å². The molecule has 2 aliphatic heterocycles. The van der Waals surface area contributed by atoms with Gasteiger partial charge in [-0.3, -0.25) is 9.59 Å². The summed E-state index contributed by atoms with van der Waals surface area (Å²) in [5.41, 5.74) is 1.35. The van der Waals surface area contributed by atoms with Crippen molar-refractivity contribution >= 4 is 23.6 Å². The van der Waals surface area contributed by atoms with Crippen LogP contribution in [0.2, 0.25) is 0 Å². The zero-order valence-corrected chi connectivity index (χ0v) is 17.1. The Morgan fingerprint density at radius 1 is 1.26 bits per heavy atom. The van der Waals surface area contributed by atoms with Gasteiger partial charge in [0.25, 0.3) is 5.91 Å². The standard InChI is InChI=1S/C19H26N2O5S/c1-19(2)15(16(22)20-9-6-10-24-3)21-17(23)13-11(18(21)27-19)7-8-12(25-4)14(13)26-5/h7-8,15,18H,6,9-10H2,1-5H3,(H,20,22)/t15-,18-/m0/s1. The molecule has 3 rings (SSSR count). The molecule has 0 spiro atoms. The van der Waals surface area contributed by atoms with Crippen LogP contribution in [-0.4, -0.2) is 62.0 Å². The normalized spacial score (nSPS) is 22.4. The van der Waals surface area contributed by atoms with Crippen LogP contribution in [0.1, 0.15) is 41.6 Å². The molecule has 0 unspecified atom stereocenters. The maximum Gasteiger partial charge on any atom is 0.260 e. The average Bonchev–Trinajstić information content (AvgIpc) is 3.07. The fourth-order valence-electron chi connectivity index (χ4n) is 3.78. The number of carbonyl (C=O) groups excluding carboxylic acids is 2. The minimum Gasteiger partial charge on any atom is -0.493 e. The second-order valence-electron chi connectivity index (χ2n) is 7.09. The van der Waals surface area contributed by atoms with E-state index in [1.54, 1.807) is 36.9 Å². The first kappa shape index (κ1) is 19.8. The lowest BCUT2D eigenvalue weighted by molar-refractivity contribution is -0.126. The molecule has 2 aliphatic rings. The van der Waals surface area contributed by atoms with Crippen LogP contribution in [-0.2, 0) is 9.53 Å². The van der Waals surface area contributed by atoms with Gasteiger partial charge in [-0.25, -0.2) is 0 Å². The zero-order chi connectivity index (χ0) is 19.8. The summed E-state index contributed by atoms with van der Waals surface area (Å²) in [5, 5.41) is 2.73. The molecule has 0 bridgehead atoms. The van der Waals surface area contributed by atoms with Crippen LogP contribution in [0, 0.1) is 0 Å². The summed E-state index contributed by atoms with van der Waals surface area (Å²) in [4.78, 5) is 27.9. The number of hydrogen-bond acceptors (Lipinski definition) is 6. The highest BCUT2D eigenvalue weighted by Crippen LogP contribution is 2.58. The van der Waals surface area contributed by atoms with Gasteiger partial charge in [0.05, 0.1) is 19.8 Å². The molecule has 1 N–H and O–H groups in total. The van der Waals surface area contributed by atoms with Crippen molar-refractivity contribution < 1.29 is 23.8 Å². The number of hydrogen-bond donors (Lipinski definition) is 1. The maximum absolute atomic E-state index is 13.3. The number of rotatable bonds is 7. The molecule has 0 saturated carbocycles. The van der Waals surface area contributed by atoms with Gasteiger partial charge in [-0.2, -0.15) is 0 Å². The lowest BCUT2D eigenvalue weighted by atomic mass is 10.0. The molecule has 27 heavy (non-hydrogen) atoms. The third-order valence-corrected chi connectivity index (χ3v) is 6.50. The highest BCUT2D eigenvalue weighted by atomic mass is 32.2. The Labute approximate surface area is 163 Å². The Bertz CT molecular complexity index is 752. The fraction of sp³-hybridized carbons (Fsp3) is 0.579. The van der Waals surface area contributed by atoms with Crippen LogP contribution in [0.15, 0.2) is 12.1 Å². The minimum absolute atomic E-state index is 0.141. The largest absolute Gasteiger partial charge is 0.493 e. The SMILES string of the molecule is COCCCNC(=O)[C@@H]1N2C(=O)c3c(ccc(OC)c3OC)[C@@H]2SC1(C)C. The van der Waals surface area contributed by atoms with Crippen LogP contribution in [0.4, 0.5) is 0 Å². The van der Waals surface area contributed by atoms with Gasteiger partial charge in [-0.1, -0.05) is 6.07 Å². The second-order valence-corrected chi connectivity index (χ2v) is 8.83. The van der Waals surface area contributed by atoms with Crippen molar-refractivity contribution in [2.24, 2.45) is 0 Å². The Kier molecular flexibility index (Phi) is 5.58. The number of nitrogens with one attached hydrogen (secondary N) is 1. The minimum atomic E-state index is -0.564. The smallest absolute Gasteiger partial charge is 0.260 e. The summed E-state index contributed by atoms with van der Waals surface area (Å²) in [6.07, 6.45) is 0.727. The number of carbonyl (C=O) groups is 2. The summed E-state index contributed by atoms with van der Waals surface area (Å²) in [6, 6.07) is 3.13. The topological polar surface area (TPSA) is 77.1 Å². The first-order valence-corrected chi connectivity index (χ1v) is 9.77. The molecule has 7 nitrogen and oxygen atoms in total. The van der Waals surface area contributed by atoms with Crippen LogP contribution < -0.4 is 14.8 Å². The van der Waals surface area contributed by atoms with Gasteiger partial charge in [0, 0.05) is 30.6 Å². The molecule has 2 heterocycles. The Morgan fingerprint density at radius 3 is 2.63 bits per heavy atom. The maximum atomic E-state index is 13.3.